The smallest absolute Gasteiger partial charge is 0.252 e. The van der Waals surface area contributed by atoms with Crippen molar-refractivity contribution in [3.05, 3.63) is 54.2 Å². The van der Waals surface area contributed by atoms with Gasteiger partial charge in [-0.15, -0.1) is 0 Å². The van der Waals surface area contributed by atoms with Gasteiger partial charge in [0.2, 0.25) is 5.91 Å². The van der Waals surface area contributed by atoms with E-state index in [-0.39, 0.29) is 11.8 Å². The van der Waals surface area contributed by atoms with E-state index in [0.717, 1.165) is 30.6 Å². The summed E-state index contributed by atoms with van der Waals surface area (Å²) in [5, 5.41) is 2.88. The quantitative estimate of drug-likeness (QED) is 0.831. The Balaban J connectivity index is 1.47. The number of hydrogen-bond donors (Lipinski definition) is 1. The Morgan fingerprint density at radius 2 is 2.00 bits per heavy atom. The van der Waals surface area contributed by atoms with E-state index in [1.165, 1.54) is 0 Å². The third-order valence-corrected chi connectivity index (χ3v) is 4.16. The molecule has 1 saturated heterocycles. The molecule has 124 valence electrons. The summed E-state index contributed by atoms with van der Waals surface area (Å²) in [7, 11) is 0. The van der Waals surface area contributed by atoms with Gasteiger partial charge in [-0.2, -0.15) is 0 Å². The third-order valence-electron chi connectivity index (χ3n) is 4.16. The van der Waals surface area contributed by atoms with Crippen molar-refractivity contribution in [2.45, 2.75) is 19.3 Å². The Kier molecular flexibility index (Phi) is 5.21. The van der Waals surface area contributed by atoms with Crippen LogP contribution in [0, 0.1) is 0 Å². The van der Waals surface area contributed by atoms with Crippen LogP contribution in [0.1, 0.15) is 29.6 Å². The second-order valence-electron chi connectivity index (χ2n) is 5.89. The van der Waals surface area contributed by atoms with Crippen molar-refractivity contribution in [2.75, 3.05) is 19.6 Å². The minimum Gasteiger partial charge on any atom is -0.352 e. The Hall–Kier alpha value is -2.69. The molecule has 2 heterocycles. The van der Waals surface area contributed by atoms with Crippen molar-refractivity contribution < 1.29 is 9.59 Å². The van der Waals surface area contributed by atoms with E-state index in [0.29, 0.717) is 25.1 Å². The van der Waals surface area contributed by atoms with Crippen molar-refractivity contribution in [1.29, 1.82) is 0 Å². The molecular weight excluding hydrogens is 302 g/mol. The van der Waals surface area contributed by atoms with Gasteiger partial charge < -0.3 is 10.2 Å². The number of pyridine rings is 1. The first kappa shape index (κ1) is 16.2. The molecule has 1 aromatic carbocycles. The molecule has 0 saturated carbocycles. The molecule has 0 spiro atoms. The second-order valence-corrected chi connectivity index (χ2v) is 5.89. The highest BCUT2D eigenvalue weighted by Crippen LogP contribution is 2.16. The summed E-state index contributed by atoms with van der Waals surface area (Å²) >= 11 is 0. The van der Waals surface area contributed by atoms with E-state index in [1.807, 2.05) is 41.3 Å². The molecule has 3 rings (SSSR count). The van der Waals surface area contributed by atoms with Gasteiger partial charge in [0.1, 0.15) is 0 Å². The molecule has 0 bridgehead atoms. The highest BCUT2D eigenvalue weighted by molar-refractivity contribution is 5.94. The molecule has 1 aromatic heterocycles. The van der Waals surface area contributed by atoms with Crippen molar-refractivity contribution in [1.82, 2.24) is 15.2 Å². The maximum absolute atomic E-state index is 12.1. The van der Waals surface area contributed by atoms with Crippen LogP contribution in [0.4, 0.5) is 0 Å². The largest absolute Gasteiger partial charge is 0.352 e. The molecular formula is C19H21N3O2. The predicted octanol–water partition coefficient (Wildman–Crippen LogP) is 2.49. The summed E-state index contributed by atoms with van der Waals surface area (Å²) in [4.78, 5) is 29.8. The molecule has 2 aromatic rings. The van der Waals surface area contributed by atoms with Crippen LogP contribution in [0.5, 0.6) is 0 Å². The zero-order valence-electron chi connectivity index (χ0n) is 13.6. The molecule has 1 N–H and O–H groups in total. The lowest BCUT2D eigenvalue weighted by Crippen LogP contribution is -2.30. The Morgan fingerprint density at radius 1 is 1.17 bits per heavy atom. The molecule has 2 amide bonds. The van der Waals surface area contributed by atoms with Crippen LogP contribution in [0.25, 0.3) is 11.3 Å². The molecule has 1 aliphatic heterocycles. The van der Waals surface area contributed by atoms with Gasteiger partial charge in [0, 0.05) is 37.8 Å². The molecule has 1 fully saturated rings. The van der Waals surface area contributed by atoms with Crippen molar-refractivity contribution in [2.24, 2.45) is 0 Å². The SMILES string of the molecule is O=C(NCCCN1CCCC1=O)c1ccc(-c2ccccc2)nc1. The lowest BCUT2D eigenvalue weighted by molar-refractivity contribution is -0.127. The molecule has 0 radical (unpaired) electrons. The van der Waals surface area contributed by atoms with Gasteiger partial charge in [0.05, 0.1) is 11.3 Å². The van der Waals surface area contributed by atoms with Crippen LogP contribution in [0.3, 0.4) is 0 Å². The topological polar surface area (TPSA) is 62.3 Å². The van der Waals surface area contributed by atoms with E-state index in [2.05, 4.69) is 10.3 Å². The molecule has 0 atom stereocenters. The molecule has 5 heteroatoms. The van der Waals surface area contributed by atoms with E-state index in [4.69, 9.17) is 0 Å². The standard InChI is InChI=1S/C19H21N3O2/c23-18-8-4-12-22(18)13-5-11-20-19(24)16-9-10-17(21-14-16)15-6-2-1-3-7-15/h1-3,6-7,9-10,14H,4-5,8,11-13H2,(H,20,24). The fourth-order valence-electron chi connectivity index (χ4n) is 2.82. The highest BCUT2D eigenvalue weighted by atomic mass is 16.2. The van der Waals surface area contributed by atoms with E-state index < -0.39 is 0 Å². The third kappa shape index (κ3) is 3.98. The first-order valence-electron chi connectivity index (χ1n) is 8.31. The second kappa shape index (κ2) is 7.73. The fourth-order valence-corrected chi connectivity index (χ4v) is 2.82. The van der Waals surface area contributed by atoms with Crippen molar-refractivity contribution in [3.63, 3.8) is 0 Å². The zero-order chi connectivity index (χ0) is 16.8. The molecule has 24 heavy (non-hydrogen) atoms. The summed E-state index contributed by atoms with van der Waals surface area (Å²) in [5.41, 5.74) is 2.42. The number of nitrogens with one attached hydrogen (secondary N) is 1. The minimum absolute atomic E-state index is 0.130. The summed E-state index contributed by atoms with van der Waals surface area (Å²) < 4.78 is 0. The van der Waals surface area contributed by atoms with Gasteiger partial charge in [-0.25, -0.2) is 0 Å². The maximum Gasteiger partial charge on any atom is 0.252 e. The number of rotatable bonds is 6. The average Bonchev–Trinajstić information content (AvgIpc) is 3.04. The number of aromatic nitrogens is 1. The molecule has 5 nitrogen and oxygen atoms in total. The summed E-state index contributed by atoms with van der Waals surface area (Å²) in [6.45, 7) is 2.12. The number of carbonyl (C=O) groups is 2. The number of benzene rings is 1. The van der Waals surface area contributed by atoms with Gasteiger partial charge in [-0.05, 0) is 25.0 Å². The summed E-state index contributed by atoms with van der Waals surface area (Å²) in [6, 6.07) is 13.5. The lowest BCUT2D eigenvalue weighted by Gasteiger charge is -2.15. The normalized spacial score (nSPS) is 14.0. The lowest BCUT2D eigenvalue weighted by atomic mass is 10.1. The van der Waals surface area contributed by atoms with Crippen molar-refractivity contribution in [3.8, 4) is 11.3 Å². The van der Waals surface area contributed by atoms with Crippen LogP contribution < -0.4 is 5.32 Å². The maximum atomic E-state index is 12.1. The number of nitrogens with zero attached hydrogens (tertiary/aromatic N) is 2. The summed E-state index contributed by atoms with van der Waals surface area (Å²) in [5.74, 6) is 0.0943. The van der Waals surface area contributed by atoms with E-state index in [1.54, 1.807) is 12.3 Å². The van der Waals surface area contributed by atoms with Gasteiger partial charge in [0.25, 0.3) is 5.91 Å². The molecule has 1 aliphatic rings. The van der Waals surface area contributed by atoms with Crippen LogP contribution >= 0.6 is 0 Å². The van der Waals surface area contributed by atoms with Crippen LogP contribution in [0.2, 0.25) is 0 Å². The van der Waals surface area contributed by atoms with Crippen LogP contribution in [-0.2, 0) is 4.79 Å². The predicted molar refractivity (Wildman–Crippen MR) is 92.4 cm³/mol. The van der Waals surface area contributed by atoms with Crippen molar-refractivity contribution >= 4 is 11.8 Å². The highest BCUT2D eigenvalue weighted by Gasteiger charge is 2.19. The first-order chi connectivity index (χ1) is 11.7. The van der Waals surface area contributed by atoms with E-state index in [9.17, 15) is 9.59 Å². The molecule has 0 unspecified atom stereocenters. The first-order valence-corrected chi connectivity index (χ1v) is 8.31. The van der Waals surface area contributed by atoms with Gasteiger partial charge >= 0.3 is 0 Å². The molecule has 0 aliphatic carbocycles. The van der Waals surface area contributed by atoms with Gasteiger partial charge in [-0.3, -0.25) is 14.6 Å². The number of hydrogen-bond acceptors (Lipinski definition) is 3. The Morgan fingerprint density at radius 3 is 2.67 bits per heavy atom. The Labute approximate surface area is 141 Å². The average molecular weight is 323 g/mol. The van der Waals surface area contributed by atoms with Crippen LogP contribution in [0.15, 0.2) is 48.7 Å². The van der Waals surface area contributed by atoms with E-state index >= 15 is 0 Å². The Bertz CT molecular complexity index is 698. The monoisotopic (exact) mass is 323 g/mol. The van der Waals surface area contributed by atoms with Gasteiger partial charge in [-0.1, -0.05) is 30.3 Å². The number of amides is 2. The van der Waals surface area contributed by atoms with Crippen LogP contribution in [-0.4, -0.2) is 41.3 Å². The fraction of sp³-hybridized carbons (Fsp3) is 0.316. The zero-order valence-corrected chi connectivity index (χ0v) is 13.6. The number of carbonyl (C=O) groups excluding carboxylic acids is 2. The summed E-state index contributed by atoms with van der Waals surface area (Å²) in [6.07, 6.45) is 3.98. The van der Waals surface area contributed by atoms with Gasteiger partial charge in [0.15, 0.2) is 0 Å². The minimum atomic E-state index is -0.130. The number of likely N-dealkylation sites (tertiary alicyclic amines) is 1.